The summed E-state index contributed by atoms with van der Waals surface area (Å²) in [7, 11) is 0. The number of thiocarbonyl (C=S) groups is 1. The van der Waals surface area contributed by atoms with E-state index >= 15 is 0 Å². The third kappa shape index (κ3) is 2.32. The molecule has 2 fully saturated rings. The number of rotatable bonds is 2. The normalized spacial score (nSPS) is 26.5. The van der Waals surface area contributed by atoms with E-state index in [1.165, 1.54) is 19.3 Å². The van der Waals surface area contributed by atoms with Crippen molar-refractivity contribution in [1.82, 2.24) is 15.8 Å². The van der Waals surface area contributed by atoms with Crippen molar-refractivity contribution in [3.8, 4) is 0 Å². The van der Waals surface area contributed by atoms with Crippen LogP contribution in [0.1, 0.15) is 46.4 Å². The van der Waals surface area contributed by atoms with Gasteiger partial charge in [-0.1, -0.05) is 30.7 Å². The number of carbonyl (C=O) groups excluding carboxylic acids is 2. The third-order valence-electron chi connectivity index (χ3n) is 6.04. The fraction of sp³-hybridized carbons (Fsp3) is 0.350. The van der Waals surface area contributed by atoms with E-state index in [4.69, 9.17) is 12.2 Å². The zero-order valence-corrected chi connectivity index (χ0v) is 15.0. The van der Waals surface area contributed by atoms with E-state index in [-0.39, 0.29) is 11.8 Å². The van der Waals surface area contributed by atoms with Crippen molar-refractivity contribution in [1.29, 1.82) is 0 Å². The zero-order chi connectivity index (χ0) is 17.8. The lowest BCUT2D eigenvalue weighted by molar-refractivity contribution is 0.0565. The number of hydrazine groups is 1. The van der Waals surface area contributed by atoms with Gasteiger partial charge >= 0.3 is 0 Å². The van der Waals surface area contributed by atoms with E-state index in [1.807, 2.05) is 24.3 Å². The van der Waals surface area contributed by atoms with Crippen molar-refractivity contribution >= 4 is 39.9 Å². The van der Waals surface area contributed by atoms with E-state index in [1.54, 1.807) is 12.1 Å². The molecule has 2 aromatic rings. The van der Waals surface area contributed by atoms with Crippen molar-refractivity contribution < 1.29 is 9.59 Å². The van der Waals surface area contributed by atoms with E-state index < -0.39 is 0 Å². The number of nitrogens with zero attached hydrogens (tertiary/aromatic N) is 1. The Morgan fingerprint density at radius 1 is 1.00 bits per heavy atom. The lowest BCUT2D eigenvalue weighted by Gasteiger charge is -2.30. The van der Waals surface area contributed by atoms with Crippen LogP contribution in [0.4, 0.5) is 0 Å². The van der Waals surface area contributed by atoms with Crippen LogP contribution in [0.15, 0.2) is 36.4 Å². The Bertz CT molecular complexity index is 906. The van der Waals surface area contributed by atoms with Gasteiger partial charge < -0.3 is 5.32 Å². The standard InChI is InChI=1S/C20H19N3O2S/c24-18-14-5-1-3-12-4-2-6-15(17(12)14)19(25)23(18)22-20(26)21-16-10-11-7-8-13(16)9-11/h1-6,11,13,16H,7-10H2,(H2,21,22,26)/t11-,13+,16-/m0/s1. The van der Waals surface area contributed by atoms with Crippen LogP contribution in [0, 0.1) is 11.8 Å². The second-order valence-corrected chi connectivity index (χ2v) is 7.93. The largest absolute Gasteiger partial charge is 0.358 e. The summed E-state index contributed by atoms with van der Waals surface area (Å²) in [5, 5.41) is 6.32. The van der Waals surface area contributed by atoms with E-state index in [2.05, 4.69) is 10.7 Å². The molecule has 2 amide bonds. The first kappa shape index (κ1) is 15.8. The number of benzene rings is 2. The predicted octanol–water partition coefficient (Wildman–Crippen LogP) is 3.00. The number of imide groups is 1. The Balaban J connectivity index is 1.39. The molecule has 1 heterocycles. The van der Waals surface area contributed by atoms with Gasteiger partial charge in [0.2, 0.25) is 0 Å². The summed E-state index contributed by atoms with van der Waals surface area (Å²) in [6, 6.07) is 11.3. The molecule has 0 spiro atoms. The summed E-state index contributed by atoms with van der Waals surface area (Å²) in [5.41, 5.74) is 3.89. The molecule has 5 nitrogen and oxygen atoms in total. The number of fused-ring (bicyclic) bond motifs is 2. The second-order valence-electron chi connectivity index (χ2n) is 7.52. The molecule has 2 aromatic carbocycles. The number of carbonyl (C=O) groups is 2. The Morgan fingerprint density at radius 3 is 2.27 bits per heavy atom. The maximum absolute atomic E-state index is 12.9. The minimum Gasteiger partial charge on any atom is -0.358 e. The second kappa shape index (κ2) is 5.77. The Morgan fingerprint density at radius 2 is 1.69 bits per heavy atom. The molecule has 2 aliphatic carbocycles. The molecule has 26 heavy (non-hydrogen) atoms. The molecular weight excluding hydrogens is 346 g/mol. The van der Waals surface area contributed by atoms with Crippen LogP contribution in [0.2, 0.25) is 0 Å². The van der Waals surface area contributed by atoms with Gasteiger partial charge in [-0.15, -0.1) is 0 Å². The van der Waals surface area contributed by atoms with Gasteiger partial charge in [0, 0.05) is 11.4 Å². The highest BCUT2D eigenvalue weighted by molar-refractivity contribution is 7.80. The van der Waals surface area contributed by atoms with Crippen LogP contribution in [-0.2, 0) is 0 Å². The predicted molar refractivity (Wildman–Crippen MR) is 103 cm³/mol. The SMILES string of the molecule is O=C1c2cccc3cccc(c23)C(=O)N1NC(=S)N[C@H]1C[C@H]2CC[C@@H]1C2. The number of hydrogen-bond donors (Lipinski definition) is 2. The monoisotopic (exact) mass is 365 g/mol. The van der Waals surface area contributed by atoms with Crippen molar-refractivity contribution in [2.75, 3.05) is 0 Å². The summed E-state index contributed by atoms with van der Waals surface area (Å²) < 4.78 is 0. The van der Waals surface area contributed by atoms with Crippen LogP contribution in [-0.4, -0.2) is 28.0 Å². The fourth-order valence-corrected chi connectivity index (χ4v) is 5.10. The van der Waals surface area contributed by atoms with Gasteiger partial charge in [0.25, 0.3) is 11.8 Å². The smallest absolute Gasteiger partial charge is 0.280 e. The van der Waals surface area contributed by atoms with Gasteiger partial charge in [-0.25, -0.2) is 0 Å². The summed E-state index contributed by atoms with van der Waals surface area (Å²) in [4.78, 5) is 25.7. The zero-order valence-electron chi connectivity index (χ0n) is 14.2. The Hall–Kier alpha value is -2.47. The molecule has 0 radical (unpaired) electrons. The van der Waals surface area contributed by atoms with Crippen molar-refractivity contribution in [2.45, 2.75) is 31.7 Å². The van der Waals surface area contributed by atoms with Crippen molar-refractivity contribution in [3.05, 3.63) is 47.5 Å². The molecule has 1 aliphatic heterocycles. The van der Waals surface area contributed by atoms with Gasteiger partial charge in [0.05, 0.1) is 11.1 Å². The fourth-order valence-electron chi connectivity index (χ4n) is 4.86. The van der Waals surface area contributed by atoms with E-state index in [0.29, 0.717) is 28.2 Å². The lowest BCUT2D eigenvalue weighted by Crippen LogP contribution is -2.56. The number of nitrogens with one attached hydrogen (secondary N) is 2. The molecule has 2 N–H and O–H groups in total. The molecule has 2 bridgehead atoms. The lowest BCUT2D eigenvalue weighted by atomic mass is 9.95. The van der Waals surface area contributed by atoms with Gasteiger partial charge in [-0.05, 0) is 60.8 Å². The summed E-state index contributed by atoms with van der Waals surface area (Å²) in [6.45, 7) is 0. The molecular formula is C20H19N3O2S. The quantitative estimate of drug-likeness (QED) is 0.633. The maximum atomic E-state index is 12.9. The molecule has 0 unspecified atom stereocenters. The van der Waals surface area contributed by atoms with E-state index in [0.717, 1.165) is 28.1 Å². The van der Waals surface area contributed by atoms with Crippen LogP contribution < -0.4 is 10.7 Å². The average Bonchev–Trinajstić information content (AvgIpc) is 3.26. The molecule has 0 aromatic heterocycles. The number of hydrogen-bond acceptors (Lipinski definition) is 3. The first-order valence-electron chi connectivity index (χ1n) is 9.09. The summed E-state index contributed by atoms with van der Waals surface area (Å²) >= 11 is 5.40. The molecule has 3 atom stereocenters. The van der Waals surface area contributed by atoms with Gasteiger partial charge in [0.15, 0.2) is 5.11 Å². The maximum Gasteiger partial charge on any atom is 0.280 e. The third-order valence-corrected chi connectivity index (χ3v) is 6.25. The van der Waals surface area contributed by atoms with Crippen LogP contribution >= 0.6 is 12.2 Å². The highest BCUT2D eigenvalue weighted by atomic mass is 32.1. The Kier molecular flexibility index (Phi) is 3.50. The first-order chi connectivity index (χ1) is 12.6. The molecule has 6 heteroatoms. The van der Waals surface area contributed by atoms with Crippen LogP contribution in [0.25, 0.3) is 10.8 Å². The van der Waals surface area contributed by atoms with Gasteiger partial charge in [-0.2, -0.15) is 5.01 Å². The minimum atomic E-state index is -0.364. The average molecular weight is 365 g/mol. The van der Waals surface area contributed by atoms with Crippen LogP contribution in [0.3, 0.4) is 0 Å². The van der Waals surface area contributed by atoms with Crippen molar-refractivity contribution in [3.63, 3.8) is 0 Å². The van der Waals surface area contributed by atoms with Crippen LogP contribution in [0.5, 0.6) is 0 Å². The first-order valence-corrected chi connectivity index (χ1v) is 9.50. The Labute approximate surface area is 156 Å². The topological polar surface area (TPSA) is 61.4 Å². The molecule has 132 valence electrons. The molecule has 0 saturated heterocycles. The van der Waals surface area contributed by atoms with Gasteiger partial charge in [-0.3, -0.25) is 15.0 Å². The molecule has 2 saturated carbocycles. The summed E-state index contributed by atoms with van der Waals surface area (Å²) in [6.07, 6.45) is 4.93. The number of amides is 2. The van der Waals surface area contributed by atoms with Crippen molar-refractivity contribution in [2.24, 2.45) is 11.8 Å². The highest BCUT2D eigenvalue weighted by Gasteiger charge is 2.40. The summed E-state index contributed by atoms with van der Waals surface area (Å²) in [5.74, 6) is 0.720. The van der Waals surface area contributed by atoms with Gasteiger partial charge in [0.1, 0.15) is 0 Å². The minimum absolute atomic E-state index is 0.343. The molecule has 5 rings (SSSR count). The highest BCUT2D eigenvalue weighted by Crippen LogP contribution is 2.44. The molecule has 3 aliphatic rings. The van der Waals surface area contributed by atoms with E-state index in [9.17, 15) is 9.59 Å².